The van der Waals surface area contributed by atoms with E-state index in [1.54, 1.807) is 34.7 Å². The van der Waals surface area contributed by atoms with Crippen molar-refractivity contribution in [3.05, 3.63) is 29.8 Å². The Balaban J connectivity index is 2.06. The maximum absolute atomic E-state index is 9.08. The molecule has 0 aliphatic carbocycles. The average molecular weight is 283 g/mol. The lowest BCUT2D eigenvalue weighted by atomic mass is 10.2. The molecule has 1 unspecified atom stereocenters. The van der Waals surface area contributed by atoms with Crippen LogP contribution in [0.25, 0.3) is 0 Å². The number of hydrazone groups is 1. The van der Waals surface area contributed by atoms with Crippen molar-refractivity contribution in [3.63, 3.8) is 0 Å². The summed E-state index contributed by atoms with van der Waals surface area (Å²) < 4.78 is 1.74. The molecule has 1 heterocycles. The SMILES string of the molecule is CS1=P(Cl)(Cl)N1N=Cc1ccc(O)cc1. The largest absolute Gasteiger partial charge is 0.508 e. The van der Waals surface area contributed by atoms with Crippen molar-refractivity contribution in [1.82, 2.24) is 4.18 Å². The van der Waals surface area contributed by atoms with Crippen molar-refractivity contribution in [2.24, 2.45) is 5.10 Å². The lowest BCUT2D eigenvalue weighted by molar-refractivity contribution is 0.475. The van der Waals surface area contributed by atoms with Gasteiger partial charge < -0.3 is 5.11 Å². The molecule has 0 spiro atoms. The minimum absolute atomic E-state index is 0.109. The number of benzene rings is 1. The first-order valence-corrected chi connectivity index (χ1v) is 9.85. The van der Waals surface area contributed by atoms with E-state index in [-0.39, 0.29) is 16.0 Å². The highest BCUT2D eigenvalue weighted by Crippen LogP contribution is 2.77. The summed E-state index contributed by atoms with van der Waals surface area (Å²) in [4.78, 5) is -1.93. The molecule has 0 saturated heterocycles. The predicted molar refractivity (Wildman–Crippen MR) is 69.5 cm³/mol. The molecule has 0 fully saturated rings. The molecule has 1 aliphatic rings. The van der Waals surface area contributed by atoms with Crippen LogP contribution in [0.1, 0.15) is 5.56 Å². The van der Waals surface area contributed by atoms with E-state index in [1.807, 2.05) is 6.26 Å². The van der Waals surface area contributed by atoms with Crippen molar-refractivity contribution in [2.75, 3.05) is 6.26 Å². The highest BCUT2D eigenvalue weighted by Gasteiger charge is 2.40. The monoisotopic (exact) mass is 282 g/mol. The molecule has 0 radical (unpaired) electrons. The summed E-state index contributed by atoms with van der Waals surface area (Å²) >= 11 is 12.0. The Morgan fingerprint density at radius 3 is 2.40 bits per heavy atom. The van der Waals surface area contributed by atoms with Gasteiger partial charge in [-0.1, -0.05) is 0 Å². The second-order valence-corrected chi connectivity index (χ2v) is 13.6. The number of rotatable bonds is 2. The maximum atomic E-state index is 9.08. The number of phenols is 1. The number of halogens is 2. The Kier molecular flexibility index (Phi) is 3.04. The van der Waals surface area contributed by atoms with Crippen molar-refractivity contribution in [2.45, 2.75) is 0 Å². The van der Waals surface area contributed by atoms with Gasteiger partial charge in [-0.2, -0.15) is 9.29 Å². The minimum Gasteiger partial charge on any atom is -0.508 e. The van der Waals surface area contributed by atoms with Crippen LogP contribution in [0.15, 0.2) is 29.4 Å². The molecule has 1 aliphatic heterocycles. The van der Waals surface area contributed by atoms with E-state index in [1.165, 1.54) is 0 Å². The van der Waals surface area contributed by atoms with Gasteiger partial charge in [-0.05, 0) is 62.6 Å². The molecular weight excluding hydrogens is 274 g/mol. The van der Waals surface area contributed by atoms with Gasteiger partial charge in [0.1, 0.15) is 5.75 Å². The molecule has 1 N–H and O–H groups in total. The molecular formula is C8H9Cl2N2OPS. The normalized spacial score (nSPS) is 23.4. The van der Waals surface area contributed by atoms with Crippen molar-refractivity contribution >= 4 is 43.8 Å². The summed E-state index contributed by atoms with van der Waals surface area (Å²) in [6, 6.07) is 6.77. The van der Waals surface area contributed by atoms with Crippen LogP contribution in [0.3, 0.4) is 0 Å². The van der Waals surface area contributed by atoms with Gasteiger partial charge in [0, 0.05) is 6.26 Å². The zero-order chi connectivity index (χ0) is 11.1. The van der Waals surface area contributed by atoms with Gasteiger partial charge in [-0.15, -0.1) is 0 Å². The fourth-order valence-corrected chi connectivity index (χ4v) is 7.67. The molecule has 15 heavy (non-hydrogen) atoms. The van der Waals surface area contributed by atoms with Gasteiger partial charge in [-0.25, -0.2) is 0 Å². The lowest BCUT2D eigenvalue weighted by Gasteiger charge is -1.98. The fraction of sp³-hybridized carbons (Fsp3) is 0.125. The molecule has 3 nitrogen and oxygen atoms in total. The Labute approximate surface area is 100 Å². The zero-order valence-corrected chi connectivity index (χ0v) is 11.1. The van der Waals surface area contributed by atoms with E-state index in [2.05, 4.69) is 5.10 Å². The van der Waals surface area contributed by atoms with E-state index in [0.717, 1.165) is 5.56 Å². The molecule has 1 aromatic carbocycles. The number of nitrogens with zero attached hydrogens (tertiary/aromatic N) is 2. The highest BCUT2D eigenvalue weighted by atomic mass is 35.9. The quantitative estimate of drug-likeness (QED) is 0.667. The molecule has 0 saturated carbocycles. The van der Waals surface area contributed by atoms with Crippen LogP contribution < -0.4 is 0 Å². The minimum atomic E-state index is -1.93. The number of hydrogen-bond donors (Lipinski definition) is 1. The van der Waals surface area contributed by atoms with E-state index < -0.39 is 4.89 Å². The van der Waals surface area contributed by atoms with Gasteiger partial charge >= 0.3 is 0 Å². The smallest absolute Gasteiger partial charge is 0.213 e. The standard InChI is InChI=1S/C8H9Cl2N2OPS/c1-15-12(14(15,9)10)11-6-7-2-4-8(13)5-3-7/h2-6,13H,1H3. The van der Waals surface area contributed by atoms with Gasteiger partial charge in [-0.3, -0.25) is 0 Å². The van der Waals surface area contributed by atoms with Crippen LogP contribution in [0, 0.1) is 0 Å². The van der Waals surface area contributed by atoms with E-state index in [9.17, 15) is 0 Å². The Morgan fingerprint density at radius 1 is 1.40 bits per heavy atom. The zero-order valence-electron chi connectivity index (χ0n) is 7.84. The summed E-state index contributed by atoms with van der Waals surface area (Å²) in [6.45, 7) is 0. The second-order valence-electron chi connectivity index (χ2n) is 2.97. The van der Waals surface area contributed by atoms with Crippen molar-refractivity contribution in [1.29, 1.82) is 0 Å². The molecule has 1 aromatic rings. The third-order valence-corrected chi connectivity index (χ3v) is 12.2. The predicted octanol–water partition coefficient (Wildman–Crippen LogP) is 3.36. The average Bonchev–Trinajstić information content (AvgIpc) is 2.66. The first kappa shape index (κ1) is 11.3. The van der Waals surface area contributed by atoms with E-state index in [4.69, 9.17) is 27.6 Å². The van der Waals surface area contributed by atoms with Gasteiger partial charge in [0.2, 0.25) is 4.89 Å². The van der Waals surface area contributed by atoms with Crippen LogP contribution in [0.4, 0.5) is 0 Å². The van der Waals surface area contributed by atoms with Crippen LogP contribution in [-0.2, 0) is 10.3 Å². The summed E-state index contributed by atoms with van der Waals surface area (Å²) in [5, 5.41) is 13.3. The number of aromatic hydroxyl groups is 1. The summed E-state index contributed by atoms with van der Waals surface area (Å²) in [5.74, 6) is 0.241. The first-order valence-electron chi connectivity index (χ1n) is 4.10. The molecule has 1 atom stereocenters. The Hall–Kier alpha value is -0.150. The van der Waals surface area contributed by atoms with Crippen LogP contribution >= 0.6 is 27.4 Å². The van der Waals surface area contributed by atoms with Crippen molar-refractivity contribution in [3.8, 4) is 5.75 Å². The Morgan fingerprint density at radius 2 is 1.93 bits per heavy atom. The van der Waals surface area contributed by atoms with Gasteiger partial charge in [0.15, 0.2) is 0 Å². The van der Waals surface area contributed by atoms with Crippen LogP contribution in [0.5, 0.6) is 5.75 Å². The summed E-state index contributed by atoms with van der Waals surface area (Å²) in [7, 11) is -0.109. The lowest BCUT2D eigenvalue weighted by Crippen LogP contribution is -1.90. The second kappa shape index (κ2) is 4.02. The maximum Gasteiger partial charge on any atom is 0.213 e. The van der Waals surface area contributed by atoms with E-state index >= 15 is 0 Å². The fourth-order valence-electron chi connectivity index (χ4n) is 1.01. The third-order valence-electron chi connectivity index (χ3n) is 1.93. The molecule has 7 heteroatoms. The Bertz CT molecular complexity index is 468. The number of hydrogen-bond acceptors (Lipinski definition) is 3. The highest BCUT2D eigenvalue weighted by molar-refractivity contribution is 8.60. The molecule has 0 amide bonds. The third kappa shape index (κ3) is 2.34. The summed E-state index contributed by atoms with van der Waals surface area (Å²) in [5.41, 5.74) is 0.907. The molecule has 82 valence electrons. The van der Waals surface area contributed by atoms with Crippen LogP contribution in [0.2, 0.25) is 0 Å². The van der Waals surface area contributed by atoms with Crippen molar-refractivity contribution < 1.29 is 5.11 Å². The molecule has 0 aromatic heterocycles. The van der Waals surface area contributed by atoms with Crippen LogP contribution in [-0.4, -0.2) is 21.8 Å². The topological polar surface area (TPSA) is 35.6 Å². The van der Waals surface area contributed by atoms with E-state index in [0.29, 0.717) is 0 Å². The number of phenolic OH excluding ortho intramolecular Hbond substituents is 1. The first-order chi connectivity index (χ1) is 7.01. The van der Waals surface area contributed by atoms with Gasteiger partial charge in [0.05, 0.1) is 6.21 Å². The van der Waals surface area contributed by atoms with Gasteiger partial charge in [0.25, 0.3) is 0 Å². The summed E-state index contributed by atoms with van der Waals surface area (Å²) in [6.07, 6.45) is 3.66. The molecule has 2 rings (SSSR count). The molecule has 0 bridgehead atoms.